The van der Waals surface area contributed by atoms with E-state index in [-0.39, 0.29) is 31.1 Å². The van der Waals surface area contributed by atoms with Gasteiger partial charge >= 0.3 is 5.97 Å². The maximum atomic E-state index is 13.0. The van der Waals surface area contributed by atoms with Gasteiger partial charge in [0, 0.05) is 18.3 Å². The predicted octanol–water partition coefficient (Wildman–Crippen LogP) is -0.708. The van der Waals surface area contributed by atoms with Crippen molar-refractivity contribution in [3.05, 3.63) is 18.2 Å². The monoisotopic (exact) mass is 482 g/mol. The van der Waals surface area contributed by atoms with E-state index in [4.69, 9.17) is 5.73 Å². The van der Waals surface area contributed by atoms with Crippen LogP contribution < -0.4 is 21.7 Å². The van der Waals surface area contributed by atoms with E-state index in [2.05, 4.69) is 25.9 Å². The first-order valence-electron chi connectivity index (χ1n) is 11.4. The Morgan fingerprint density at radius 3 is 1.76 bits per heavy atom. The number of carboxylic acid groups (broad SMARTS) is 1. The summed E-state index contributed by atoms with van der Waals surface area (Å²) in [7, 11) is 0. The Bertz CT molecular complexity index is 811. The Labute approximate surface area is 199 Å². The fourth-order valence-electron chi connectivity index (χ4n) is 3.25. The van der Waals surface area contributed by atoms with E-state index >= 15 is 0 Å². The van der Waals surface area contributed by atoms with Gasteiger partial charge in [0.2, 0.25) is 17.7 Å². The topological polar surface area (TPSA) is 200 Å². The zero-order valence-corrected chi connectivity index (χ0v) is 20.4. The van der Waals surface area contributed by atoms with Crippen LogP contribution in [-0.4, -0.2) is 74.1 Å². The zero-order valence-electron chi connectivity index (χ0n) is 20.4. The molecule has 5 atom stereocenters. The largest absolute Gasteiger partial charge is 0.480 e. The highest BCUT2D eigenvalue weighted by molar-refractivity contribution is 5.94. The number of aromatic amines is 1. The number of carboxylic acids is 1. The molecular formula is C22H38N6O6. The second-order valence-corrected chi connectivity index (χ2v) is 9.33. The average molecular weight is 483 g/mol. The third-order valence-electron chi connectivity index (χ3n) is 5.10. The fraction of sp³-hybridized carbons (Fsp3) is 0.682. The minimum Gasteiger partial charge on any atom is -0.480 e. The standard InChI is InChI=1S/C22H38N6O6/c1-11(2)6-15(20(31)28-17(22(33)34)8-14-9-24-10-25-14)26-19(30)16(7-12(3)4)27-21(32)18(23)13(5)29/h9-13,15-18,29H,6-8,23H2,1-5H3,(H,24,25)(H,26,30)(H,27,32)(H,28,31)(H,33,34). The molecular weight excluding hydrogens is 444 g/mol. The molecule has 3 amide bonds. The molecule has 1 aromatic rings. The minimum absolute atomic E-state index is 0.00726. The van der Waals surface area contributed by atoms with Crippen LogP contribution in [0.1, 0.15) is 53.2 Å². The highest BCUT2D eigenvalue weighted by Gasteiger charge is 2.31. The molecule has 0 radical (unpaired) electrons. The molecule has 1 rings (SSSR count). The van der Waals surface area contributed by atoms with Crippen molar-refractivity contribution in [3.8, 4) is 0 Å². The van der Waals surface area contributed by atoms with Crippen molar-refractivity contribution in [2.45, 2.75) is 84.2 Å². The number of H-pyrrole nitrogens is 1. The normalized spacial score (nSPS) is 15.8. The number of nitrogens with zero attached hydrogens (tertiary/aromatic N) is 1. The Balaban J connectivity index is 2.98. The van der Waals surface area contributed by atoms with Crippen LogP contribution in [-0.2, 0) is 25.6 Å². The van der Waals surface area contributed by atoms with Gasteiger partial charge in [0.05, 0.1) is 12.4 Å². The Kier molecular flexibility index (Phi) is 11.7. The van der Waals surface area contributed by atoms with Crippen molar-refractivity contribution >= 4 is 23.7 Å². The summed E-state index contributed by atoms with van der Waals surface area (Å²) in [5.74, 6) is -3.12. The van der Waals surface area contributed by atoms with Crippen LogP contribution in [0.15, 0.2) is 12.5 Å². The number of aromatic nitrogens is 2. The minimum atomic E-state index is -1.23. The van der Waals surface area contributed by atoms with Crippen LogP contribution in [0, 0.1) is 11.8 Å². The van der Waals surface area contributed by atoms with Gasteiger partial charge in [-0.1, -0.05) is 27.7 Å². The van der Waals surface area contributed by atoms with E-state index in [1.54, 1.807) is 0 Å². The van der Waals surface area contributed by atoms with E-state index in [0.29, 0.717) is 5.69 Å². The van der Waals surface area contributed by atoms with Gasteiger partial charge < -0.3 is 36.9 Å². The third-order valence-corrected chi connectivity index (χ3v) is 5.10. The number of hydrogen-bond acceptors (Lipinski definition) is 7. The molecule has 0 fully saturated rings. The molecule has 1 aromatic heterocycles. The first-order chi connectivity index (χ1) is 15.8. The maximum absolute atomic E-state index is 13.0. The lowest BCUT2D eigenvalue weighted by atomic mass is 9.99. The molecule has 12 heteroatoms. The van der Waals surface area contributed by atoms with Crippen molar-refractivity contribution in [2.75, 3.05) is 0 Å². The second-order valence-electron chi connectivity index (χ2n) is 9.33. The van der Waals surface area contributed by atoms with Gasteiger partial charge in [0.25, 0.3) is 0 Å². The number of hydrogen-bond donors (Lipinski definition) is 7. The molecule has 0 spiro atoms. The van der Waals surface area contributed by atoms with Crippen molar-refractivity contribution in [1.29, 1.82) is 0 Å². The molecule has 1 heterocycles. The summed E-state index contributed by atoms with van der Waals surface area (Å²) in [6, 6.07) is -4.45. The number of imidazole rings is 1. The zero-order chi connectivity index (χ0) is 26.0. The molecule has 0 aliphatic carbocycles. The summed E-state index contributed by atoms with van der Waals surface area (Å²) in [6.07, 6.45) is 2.29. The van der Waals surface area contributed by atoms with Crippen LogP contribution in [0.4, 0.5) is 0 Å². The molecule has 192 valence electrons. The summed E-state index contributed by atoms with van der Waals surface area (Å²) >= 11 is 0. The van der Waals surface area contributed by atoms with Crippen LogP contribution in [0.5, 0.6) is 0 Å². The molecule has 5 unspecified atom stereocenters. The highest BCUT2D eigenvalue weighted by atomic mass is 16.4. The van der Waals surface area contributed by atoms with Crippen molar-refractivity contribution in [2.24, 2.45) is 17.6 Å². The summed E-state index contributed by atoms with van der Waals surface area (Å²) in [4.78, 5) is 56.6. The summed E-state index contributed by atoms with van der Waals surface area (Å²) in [5, 5.41) is 26.8. The number of carbonyl (C=O) groups excluding carboxylic acids is 3. The lowest BCUT2D eigenvalue weighted by Crippen LogP contribution is -2.58. The van der Waals surface area contributed by atoms with Crippen molar-refractivity contribution < 1.29 is 29.4 Å². The van der Waals surface area contributed by atoms with E-state index in [0.717, 1.165) is 0 Å². The molecule has 0 aliphatic rings. The van der Waals surface area contributed by atoms with Crippen LogP contribution in [0.2, 0.25) is 0 Å². The van der Waals surface area contributed by atoms with Gasteiger partial charge in [-0.2, -0.15) is 0 Å². The molecule has 0 saturated carbocycles. The van der Waals surface area contributed by atoms with Crippen LogP contribution >= 0.6 is 0 Å². The lowest BCUT2D eigenvalue weighted by Gasteiger charge is -2.27. The highest BCUT2D eigenvalue weighted by Crippen LogP contribution is 2.10. The van der Waals surface area contributed by atoms with Gasteiger partial charge in [0.15, 0.2) is 0 Å². The molecule has 12 nitrogen and oxygen atoms in total. The smallest absolute Gasteiger partial charge is 0.326 e. The van der Waals surface area contributed by atoms with Gasteiger partial charge in [-0.05, 0) is 31.6 Å². The molecule has 0 aromatic carbocycles. The number of nitrogens with one attached hydrogen (secondary N) is 4. The van der Waals surface area contributed by atoms with Crippen molar-refractivity contribution in [3.63, 3.8) is 0 Å². The first-order valence-corrected chi connectivity index (χ1v) is 11.4. The summed E-state index contributed by atoms with van der Waals surface area (Å²) < 4.78 is 0. The molecule has 0 aliphatic heterocycles. The van der Waals surface area contributed by atoms with E-state index in [1.807, 2.05) is 27.7 Å². The average Bonchev–Trinajstić information content (AvgIpc) is 3.23. The molecule has 0 bridgehead atoms. The first kappa shape index (κ1) is 29.0. The van der Waals surface area contributed by atoms with Crippen molar-refractivity contribution in [1.82, 2.24) is 25.9 Å². The van der Waals surface area contributed by atoms with Crippen LogP contribution in [0.25, 0.3) is 0 Å². The third kappa shape index (κ3) is 9.87. The second kappa shape index (κ2) is 13.7. The quantitative estimate of drug-likeness (QED) is 0.180. The molecule has 34 heavy (non-hydrogen) atoms. The number of rotatable bonds is 14. The number of aliphatic hydroxyl groups is 1. The maximum Gasteiger partial charge on any atom is 0.326 e. The van der Waals surface area contributed by atoms with E-state index in [1.165, 1.54) is 19.4 Å². The molecule has 8 N–H and O–H groups in total. The number of carbonyl (C=O) groups is 4. The van der Waals surface area contributed by atoms with E-state index < -0.39 is 54.0 Å². The van der Waals surface area contributed by atoms with Gasteiger partial charge in [-0.15, -0.1) is 0 Å². The van der Waals surface area contributed by atoms with Crippen LogP contribution in [0.3, 0.4) is 0 Å². The Hall–Kier alpha value is -2.99. The number of amides is 3. The van der Waals surface area contributed by atoms with E-state index in [9.17, 15) is 29.4 Å². The number of aliphatic carboxylic acids is 1. The van der Waals surface area contributed by atoms with Gasteiger partial charge in [-0.25, -0.2) is 9.78 Å². The Morgan fingerprint density at radius 1 is 0.912 bits per heavy atom. The number of aliphatic hydroxyl groups excluding tert-OH is 1. The SMILES string of the molecule is CC(C)CC(NC(=O)C(CC(C)C)NC(=O)C(N)C(C)O)C(=O)NC(Cc1cnc[nH]1)C(=O)O. The van der Waals surface area contributed by atoms with Gasteiger partial charge in [0.1, 0.15) is 24.2 Å². The fourth-order valence-corrected chi connectivity index (χ4v) is 3.25. The molecule has 0 saturated heterocycles. The summed E-state index contributed by atoms with van der Waals surface area (Å²) in [6.45, 7) is 8.83. The number of nitrogens with two attached hydrogens (primary N) is 1. The predicted molar refractivity (Wildman–Crippen MR) is 124 cm³/mol. The Morgan fingerprint density at radius 2 is 1.38 bits per heavy atom. The lowest BCUT2D eigenvalue weighted by molar-refractivity contribution is -0.142. The van der Waals surface area contributed by atoms with Gasteiger partial charge in [-0.3, -0.25) is 14.4 Å². The summed E-state index contributed by atoms with van der Waals surface area (Å²) in [5.41, 5.74) is 6.21.